The first-order valence-corrected chi connectivity index (χ1v) is 5.37. The fourth-order valence-electron chi connectivity index (χ4n) is 3.32. The van der Waals surface area contributed by atoms with Crippen LogP contribution in [-0.4, -0.2) is 13.2 Å². The summed E-state index contributed by atoms with van der Waals surface area (Å²) in [5, 5.41) is 16.7. The highest BCUT2D eigenvalue weighted by Gasteiger charge is 2.46. The molecule has 2 fully saturated rings. The monoisotopic (exact) mass is 206 g/mol. The van der Waals surface area contributed by atoms with E-state index in [2.05, 4.69) is 0 Å². The molecule has 0 aromatic rings. The average molecular weight is 206 g/mol. The molecule has 0 saturated heterocycles. The van der Waals surface area contributed by atoms with Gasteiger partial charge in [0, 0.05) is 0 Å². The Balaban J connectivity index is 1.86. The fourth-order valence-corrected chi connectivity index (χ4v) is 3.32. The molecule has 4 nitrogen and oxygen atoms in total. The zero-order valence-corrected chi connectivity index (χ0v) is 8.56. The largest absolute Gasteiger partial charge is 0.427 e. The second kappa shape index (κ2) is 4.40. The van der Waals surface area contributed by atoms with Crippen LogP contribution in [0.1, 0.15) is 19.3 Å². The maximum atomic E-state index is 8.36. The lowest BCUT2D eigenvalue weighted by atomic mass is 9.81. The van der Waals surface area contributed by atoms with Crippen LogP contribution in [0.3, 0.4) is 0 Å². The van der Waals surface area contributed by atoms with Crippen molar-refractivity contribution in [2.45, 2.75) is 19.3 Å². The summed E-state index contributed by atoms with van der Waals surface area (Å²) in [6, 6.07) is 0. The predicted molar refractivity (Wildman–Crippen MR) is 50.9 cm³/mol. The van der Waals surface area contributed by atoms with Crippen molar-refractivity contribution >= 4 is 0 Å². The maximum absolute atomic E-state index is 8.36. The van der Waals surface area contributed by atoms with E-state index in [4.69, 9.17) is 20.0 Å². The van der Waals surface area contributed by atoms with Gasteiger partial charge in [-0.25, -0.2) is 0 Å². The quantitative estimate of drug-likeness (QED) is 0.656. The van der Waals surface area contributed by atoms with Crippen LogP contribution in [0.15, 0.2) is 0 Å². The first-order chi connectivity index (χ1) is 7.35. The molecule has 0 amide bonds. The molecule has 2 atom stereocenters. The SMILES string of the molecule is N#COCC1CC2CC(COC#N)C1C2. The van der Waals surface area contributed by atoms with E-state index >= 15 is 0 Å². The Hall–Kier alpha value is -1.42. The zero-order chi connectivity index (χ0) is 10.7. The van der Waals surface area contributed by atoms with Gasteiger partial charge in [0.05, 0.1) is 0 Å². The van der Waals surface area contributed by atoms with Crippen molar-refractivity contribution in [2.24, 2.45) is 23.7 Å². The smallest absolute Gasteiger partial charge is 0.286 e. The third kappa shape index (κ3) is 1.99. The van der Waals surface area contributed by atoms with E-state index in [-0.39, 0.29) is 0 Å². The summed E-state index contributed by atoms with van der Waals surface area (Å²) in [6.07, 6.45) is 7.03. The molecule has 0 aromatic carbocycles. The summed E-state index contributed by atoms with van der Waals surface area (Å²) < 4.78 is 9.65. The van der Waals surface area contributed by atoms with Crippen LogP contribution in [0, 0.1) is 46.7 Å². The normalized spacial score (nSPS) is 36.9. The van der Waals surface area contributed by atoms with Crippen molar-refractivity contribution < 1.29 is 9.47 Å². The minimum absolute atomic E-state index is 0.496. The molecule has 15 heavy (non-hydrogen) atoms. The third-order valence-electron chi connectivity index (χ3n) is 3.81. The van der Waals surface area contributed by atoms with Gasteiger partial charge in [-0.15, -0.1) is 0 Å². The highest BCUT2D eigenvalue weighted by atomic mass is 16.5. The van der Waals surface area contributed by atoms with E-state index < -0.39 is 0 Å². The number of nitrogens with zero attached hydrogens (tertiary/aromatic N) is 2. The van der Waals surface area contributed by atoms with Crippen LogP contribution in [0.25, 0.3) is 0 Å². The van der Waals surface area contributed by atoms with Crippen LogP contribution >= 0.6 is 0 Å². The summed E-state index contributed by atoms with van der Waals surface area (Å²) in [7, 11) is 0. The van der Waals surface area contributed by atoms with Crippen molar-refractivity contribution in [3.05, 3.63) is 0 Å². The van der Waals surface area contributed by atoms with Crippen LogP contribution in [-0.2, 0) is 9.47 Å². The summed E-state index contributed by atoms with van der Waals surface area (Å²) in [4.78, 5) is 0. The standard InChI is InChI=1S/C11H14N2O2/c12-6-14-4-9-1-8-2-10(5-15-7-13)11(9)3-8/h8-11H,1-5H2. The molecule has 2 saturated carbocycles. The highest BCUT2D eigenvalue weighted by molar-refractivity contribution is 4.95. The molecule has 2 bridgehead atoms. The Bertz CT molecular complexity index is 277. The van der Waals surface area contributed by atoms with Gasteiger partial charge in [0.25, 0.3) is 12.5 Å². The van der Waals surface area contributed by atoms with Crippen molar-refractivity contribution in [1.29, 1.82) is 10.5 Å². The van der Waals surface area contributed by atoms with Gasteiger partial charge in [0.15, 0.2) is 0 Å². The summed E-state index contributed by atoms with van der Waals surface area (Å²) in [5.74, 6) is 2.35. The average Bonchev–Trinajstić information content (AvgIpc) is 2.82. The van der Waals surface area contributed by atoms with Crippen LogP contribution in [0.4, 0.5) is 0 Å². The molecule has 0 heterocycles. The molecule has 80 valence electrons. The number of rotatable bonds is 4. The fraction of sp³-hybridized carbons (Fsp3) is 0.818. The van der Waals surface area contributed by atoms with Gasteiger partial charge >= 0.3 is 0 Å². The molecule has 2 rings (SSSR count). The molecule has 0 spiro atoms. The number of nitriles is 2. The van der Waals surface area contributed by atoms with Gasteiger partial charge in [-0.05, 0) is 42.9 Å². The highest BCUT2D eigenvalue weighted by Crippen LogP contribution is 2.51. The molecule has 0 N–H and O–H groups in total. The van der Waals surface area contributed by atoms with Crippen LogP contribution in [0.5, 0.6) is 0 Å². The van der Waals surface area contributed by atoms with Gasteiger partial charge in [0.1, 0.15) is 13.2 Å². The minimum Gasteiger partial charge on any atom is -0.427 e. The van der Waals surface area contributed by atoms with Gasteiger partial charge < -0.3 is 9.47 Å². The number of hydrogen-bond donors (Lipinski definition) is 0. The molecular formula is C11H14N2O2. The Morgan fingerprint density at radius 2 is 1.47 bits per heavy atom. The molecule has 0 aliphatic heterocycles. The van der Waals surface area contributed by atoms with Gasteiger partial charge in [-0.2, -0.15) is 10.5 Å². The van der Waals surface area contributed by atoms with E-state index in [0.717, 1.165) is 5.92 Å². The van der Waals surface area contributed by atoms with Crippen molar-refractivity contribution in [1.82, 2.24) is 0 Å². The zero-order valence-electron chi connectivity index (χ0n) is 8.56. The molecule has 0 radical (unpaired) electrons. The minimum atomic E-state index is 0.496. The third-order valence-corrected chi connectivity index (χ3v) is 3.81. The van der Waals surface area contributed by atoms with Crippen molar-refractivity contribution in [2.75, 3.05) is 13.2 Å². The van der Waals surface area contributed by atoms with E-state index in [1.165, 1.54) is 19.3 Å². The maximum Gasteiger partial charge on any atom is 0.286 e. The van der Waals surface area contributed by atoms with E-state index in [1.54, 1.807) is 12.5 Å². The van der Waals surface area contributed by atoms with Crippen molar-refractivity contribution in [3.8, 4) is 12.5 Å². The lowest BCUT2D eigenvalue weighted by Crippen LogP contribution is -2.26. The van der Waals surface area contributed by atoms with E-state index in [0.29, 0.717) is 31.0 Å². The second-order valence-corrected chi connectivity index (χ2v) is 4.56. The lowest BCUT2D eigenvalue weighted by molar-refractivity contribution is 0.0973. The van der Waals surface area contributed by atoms with Gasteiger partial charge in [-0.3, -0.25) is 0 Å². The molecule has 4 heteroatoms. The number of ether oxygens (including phenoxy) is 2. The summed E-state index contributed by atoms with van der Waals surface area (Å²) in [5.41, 5.74) is 0. The first-order valence-electron chi connectivity index (χ1n) is 5.37. The Morgan fingerprint density at radius 3 is 1.87 bits per heavy atom. The van der Waals surface area contributed by atoms with Gasteiger partial charge in [-0.1, -0.05) is 0 Å². The Kier molecular flexibility index (Phi) is 2.97. The van der Waals surface area contributed by atoms with E-state index in [9.17, 15) is 0 Å². The molecule has 2 aliphatic carbocycles. The number of hydrogen-bond acceptors (Lipinski definition) is 4. The summed E-state index contributed by atoms with van der Waals surface area (Å²) >= 11 is 0. The topological polar surface area (TPSA) is 66.0 Å². The lowest BCUT2D eigenvalue weighted by Gasteiger charge is -2.27. The molecular weight excluding hydrogens is 192 g/mol. The second-order valence-electron chi connectivity index (χ2n) is 4.56. The molecule has 2 unspecified atom stereocenters. The van der Waals surface area contributed by atoms with Gasteiger partial charge in [0.2, 0.25) is 0 Å². The predicted octanol–water partition coefficient (Wildman–Crippen LogP) is 1.64. The molecule has 2 aliphatic rings. The molecule has 0 aromatic heterocycles. The van der Waals surface area contributed by atoms with Crippen LogP contribution in [0.2, 0.25) is 0 Å². The van der Waals surface area contributed by atoms with Crippen LogP contribution < -0.4 is 0 Å². The Morgan fingerprint density at radius 1 is 0.933 bits per heavy atom. The van der Waals surface area contributed by atoms with E-state index in [1.807, 2.05) is 0 Å². The first kappa shape index (κ1) is 10.1. The number of fused-ring (bicyclic) bond motifs is 2. The van der Waals surface area contributed by atoms with Crippen molar-refractivity contribution in [3.63, 3.8) is 0 Å². The summed E-state index contributed by atoms with van der Waals surface area (Å²) in [6.45, 7) is 1.08. The Labute approximate surface area is 89.4 Å².